The molecule has 0 radical (unpaired) electrons. The minimum absolute atomic E-state index is 0.0349. The fourth-order valence-corrected chi connectivity index (χ4v) is 3.05. The van der Waals surface area contributed by atoms with Gasteiger partial charge >= 0.3 is 0 Å². The van der Waals surface area contributed by atoms with Gasteiger partial charge in [0.2, 0.25) is 12.7 Å². The first-order valence-corrected chi connectivity index (χ1v) is 8.35. The third-order valence-corrected chi connectivity index (χ3v) is 4.38. The number of nitrogens with two attached hydrogens (primary N) is 1. The van der Waals surface area contributed by atoms with Crippen LogP contribution in [0.25, 0.3) is 0 Å². The molecule has 1 fully saturated rings. The first-order valence-electron chi connectivity index (χ1n) is 8.35. The van der Waals surface area contributed by atoms with Crippen LogP contribution in [0.5, 0.6) is 17.2 Å². The molecule has 1 aliphatic heterocycles. The van der Waals surface area contributed by atoms with Crippen molar-refractivity contribution in [3.05, 3.63) is 18.2 Å². The number of fused-ring (bicyclic) bond motifs is 1. The zero-order valence-corrected chi connectivity index (χ0v) is 13.6. The molecule has 0 aromatic heterocycles. The Bertz CT molecular complexity index is 580. The predicted octanol–water partition coefficient (Wildman–Crippen LogP) is 0.789. The number of amides is 1. The summed E-state index contributed by atoms with van der Waals surface area (Å²) in [6.45, 7) is 0.456. The van der Waals surface area contributed by atoms with E-state index in [1.54, 1.807) is 18.2 Å². The molecule has 7 heteroatoms. The molecule has 1 amide bonds. The first-order chi connectivity index (χ1) is 11.6. The summed E-state index contributed by atoms with van der Waals surface area (Å²) in [4.78, 5) is 12.1. The van der Waals surface area contributed by atoms with Gasteiger partial charge in [0.1, 0.15) is 18.5 Å². The SMILES string of the molecule is NC1CCCC(C(=O)NCC(O)COc2ccc3c(c2)OCO3)C1. The standard InChI is InChI=1S/C17H24N2O5/c18-12-3-1-2-11(6-12)17(21)19-8-13(20)9-22-14-4-5-15-16(7-14)24-10-23-15/h4-5,7,11-13,20H,1-3,6,8-10,18H2,(H,19,21). The molecule has 0 saturated heterocycles. The van der Waals surface area contributed by atoms with Crippen LogP contribution >= 0.6 is 0 Å². The molecule has 3 rings (SSSR count). The molecular weight excluding hydrogens is 312 g/mol. The number of aliphatic hydroxyl groups is 1. The van der Waals surface area contributed by atoms with Gasteiger partial charge < -0.3 is 30.4 Å². The summed E-state index contributed by atoms with van der Waals surface area (Å²) < 4.78 is 16.0. The summed E-state index contributed by atoms with van der Waals surface area (Å²) in [5, 5.41) is 12.8. The molecule has 7 nitrogen and oxygen atoms in total. The van der Waals surface area contributed by atoms with Crippen LogP contribution in [0, 0.1) is 5.92 Å². The second-order valence-corrected chi connectivity index (χ2v) is 6.35. The van der Waals surface area contributed by atoms with Crippen molar-refractivity contribution in [2.24, 2.45) is 11.7 Å². The predicted molar refractivity (Wildman–Crippen MR) is 87.0 cm³/mol. The van der Waals surface area contributed by atoms with Crippen molar-refractivity contribution in [3.8, 4) is 17.2 Å². The topological polar surface area (TPSA) is 103 Å². The van der Waals surface area contributed by atoms with E-state index in [2.05, 4.69) is 5.32 Å². The van der Waals surface area contributed by atoms with Crippen LogP contribution in [-0.2, 0) is 4.79 Å². The summed E-state index contributed by atoms with van der Waals surface area (Å²) in [7, 11) is 0. The highest BCUT2D eigenvalue weighted by atomic mass is 16.7. The maximum atomic E-state index is 12.1. The summed E-state index contributed by atoms with van der Waals surface area (Å²) in [5.41, 5.74) is 5.90. The van der Waals surface area contributed by atoms with Crippen molar-refractivity contribution in [2.45, 2.75) is 37.8 Å². The molecule has 1 aliphatic carbocycles. The van der Waals surface area contributed by atoms with E-state index in [0.717, 1.165) is 25.7 Å². The molecule has 0 spiro atoms. The minimum Gasteiger partial charge on any atom is -0.491 e. The molecule has 0 bridgehead atoms. The summed E-state index contributed by atoms with van der Waals surface area (Å²) >= 11 is 0. The van der Waals surface area contributed by atoms with Gasteiger partial charge in [0.15, 0.2) is 11.5 Å². The summed E-state index contributed by atoms with van der Waals surface area (Å²) in [6, 6.07) is 5.34. The van der Waals surface area contributed by atoms with E-state index < -0.39 is 6.10 Å². The highest BCUT2D eigenvalue weighted by Gasteiger charge is 2.25. The van der Waals surface area contributed by atoms with E-state index in [0.29, 0.717) is 17.2 Å². The van der Waals surface area contributed by atoms with Gasteiger partial charge in [-0.15, -0.1) is 0 Å². The third-order valence-electron chi connectivity index (χ3n) is 4.38. The number of hydrogen-bond acceptors (Lipinski definition) is 6. The zero-order valence-electron chi connectivity index (χ0n) is 13.6. The van der Waals surface area contributed by atoms with Gasteiger partial charge in [0.25, 0.3) is 0 Å². The Morgan fingerprint density at radius 2 is 2.21 bits per heavy atom. The minimum atomic E-state index is -0.781. The Hall–Kier alpha value is -1.99. The highest BCUT2D eigenvalue weighted by Crippen LogP contribution is 2.35. The number of benzene rings is 1. The molecule has 1 saturated carbocycles. The lowest BCUT2D eigenvalue weighted by molar-refractivity contribution is -0.126. The Balaban J connectivity index is 1.39. The van der Waals surface area contributed by atoms with Crippen LogP contribution in [-0.4, -0.2) is 43.1 Å². The van der Waals surface area contributed by atoms with Crippen LogP contribution in [0.3, 0.4) is 0 Å². The molecule has 1 aromatic carbocycles. The van der Waals surface area contributed by atoms with Crippen LogP contribution in [0.1, 0.15) is 25.7 Å². The number of hydrogen-bond donors (Lipinski definition) is 3. The Morgan fingerprint density at radius 1 is 1.38 bits per heavy atom. The number of nitrogens with one attached hydrogen (secondary N) is 1. The van der Waals surface area contributed by atoms with Crippen LogP contribution in [0.15, 0.2) is 18.2 Å². The van der Waals surface area contributed by atoms with Gasteiger partial charge in [0.05, 0.1) is 0 Å². The average molecular weight is 336 g/mol. The number of carbonyl (C=O) groups is 1. The molecule has 132 valence electrons. The lowest BCUT2D eigenvalue weighted by Gasteiger charge is -2.26. The lowest BCUT2D eigenvalue weighted by Crippen LogP contribution is -2.41. The molecule has 2 aliphatic rings. The Labute approximate surface area is 141 Å². The van der Waals surface area contributed by atoms with Crippen molar-refractivity contribution in [2.75, 3.05) is 19.9 Å². The monoisotopic (exact) mass is 336 g/mol. The van der Waals surface area contributed by atoms with Gasteiger partial charge in [-0.3, -0.25) is 4.79 Å². The summed E-state index contributed by atoms with van der Waals surface area (Å²) in [6.07, 6.45) is 2.76. The molecule has 1 aromatic rings. The van der Waals surface area contributed by atoms with E-state index in [-0.39, 0.29) is 37.8 Å². The second-order valence-electron chi connectivity index (χ2n) is 6.35. The van der Waals surface area contributed by atoms with E-state index in [1.165, 1.54) is 0 Å². The van der Waals surface area contributed by atoms with E-state index in [9.17, 15) is 9.90 Å². The van der Waals surface area contributed by atoms with Crippen molar-refractivity contribution < 1.29 is 24.1 Å². The third kappa shape index (κ3) is 4.30. The summed E-state index contributed by atoms with van der Waals surface area (Å²) in [5.74, 6) is 1.82. The molecule has 24 heavy (non-hydrogen) atoms. The van der Waals surface area contributed by atoms with E-state index in [1.807, 2.05) is 0 Å². The molecule has 3 unspecified atom stereocenters. The molecular formula is C17H24N2O5. The smallest absolute Gasteiger partial charge is 0.231 e. The van der Waals surface area contributed by atoms with E-state index in [4.69, 9.17) is 19.9 Å². The fraction of sp³-hybridized carbons (Fsp3) is 0.588. The highest BCUT2D eigenvalue weighted by molar-refractivity contribution is 5.78. The lowest BCUT2D eigenvalue weighted by atomic mass is 9.85. The van der Waals surface area contributed by atoms with Gasteiger partial charge in [-0.25, -0.2) is 0 Å². The van der Waals surface area contributed by atoms with Gasteiger partial charge in [-0.2, -0.15) is 0 Å². The number of ether oxygens (including phenoxy) is 3. The van der Waals surface area contributed by atoms with Gasteiger partial charge in [-0.05, 0) is 31.4 Å². The van der Waals surface area contributed by atoms with Crippen molar-refractivity contribution in [1.29, 1.82) is 0 Å². The fourth-order valence-electron chi connectivity index (χ4n) is 3.05. The van der Waals surface area contributed by atoms with Gasteiger partial charge in [0, 0.05) is 24.6 Å². The first kappa shape index (κ1) is 16.9. The van der Waals surface area contributed by atoms with Crippen LogP contribution in [0.2, 0.25) is 0 Å². The van der Waals surface area contributed by atoms with E-state index >= 15 is 0 Å². The maximum absolute atomic E-state index is 12.1. The molecule has 4 N–H and O–H groups in total. The van der Waals surface area contributed by atoms with Crippen LogP contribution in [0.4, 0.5) is 0 Å². The maximum Gasteiger partial charge on any atom is 0.231 e. The molecule has 1 heterocycles. The number of rotatable bonds is 6. The Kier molecular flexibility index (Phi) is 5.42. The largest absolute Gasteiger partial charge is 0.491 e. The molecule has 3 atom stereocenters. The van der Waals surface area contributed by atoms with Crippen molar-refractivity contribution in [3.63, 3.8) is 0 Å². The average Bonchev–Trinajstić information content (AvgIpc) is 3.05. The van der Waals surface area contributed by atoms with Crippen molar-refractivity contribution in [1.82, 2.24) is 5.32 Å². The zero-order chi connectivity index (χ0) is 16.9. The van der Waals surface area contributed by atoms with Crippen LogP contribution < -0.4 is 25.3 Å². The number of carbonyl (C=O) groups excluding carboxylic acids is 1. The normalized spacial score (nSPS) is 23.6. The quantitative estimate of drug-likeness (QED) is 0.710. The van der Waals surface area contributed by atoms with Crippen molar-refractivity contribution >= 4 is 5.91 Å². The number of aliphatic hydroxyl groups excluding tert-OH is 1. The van der Waals surface area contributed by atoms with Gasteiger partial charge in [-0.1, -0.05) is 6.42 Å². The second kappa shape index (κ2) is 7.72. The Morgan fingerprint density at radius 3 is 3.04 bits per heavy atom.